The molecule has 2 fully saturated rings. The Kier molecular flexibility index (Phi) is 3.99. The van der Waals surface area contributed by atoms with Crippen LogP contribution < -0.4 is 14.7 Å². The van der Waals surface area contributed by atoms with Crippen LogP contribution in [0.1, 0.15) is 30.5 Å². The van der Waals surface area contributed by atoms with E-state index in [0.717, 1.165) is 18.4 Å². The molecule has 136 valence electrons. The van der Waals surface area contributed by atoms with Crippen molar-refractivity contribution in [1.29, 1.82) is 0 Å². The van der Waals surface area contributed by atoms with Crippen LogP contribution in [0.3, 0.4) is 0 Å². The lowest BCUT2D eigenvalue weighted by molar-refractivity contribution is -0.747. The number of aromatic nitrogens is 2. The van der Waals surface area contributed by atoms with Gasteiger partial charge in [0.1, 0.15) is 0 Å². The molecule has 1 aliphatic carbocycles. The van der Waals surface area contributed by atoms with Crippen LogP contribution in [0.5, 0.6) is 5.95 Å². The van der Waals surface area contributed by atoms with Gasteiger partial charge in [0.25, 0.3) is 5.91 Å². The zero-order valence-corrected chi connectivity index (χ0v) is 14.7. The first-order valence-corrected chi connectivity index (χ1v) is 8.67. The fraction of sp³-hybridized carbons (Fsp3) is 0.444. The van der Waals surface area contributed by atoms with E-state index in [1.54, 1.807) is 19.2 Å². The molecule has 1 aliphatic heterocycles. The van der Waals surface area contributed by atoms with Crippen molar-refractivity contribution in [2.24, 2.45) is 7.05 Å². The molecule has 2 aromatic rings. The number of anilines is 1. The molecule has 1 aromatic carbocycles. The zero-order chi connectivity index (χ0) is 18.4. The molecular weight excluding hydrogens is 336 g/mol. The van der Waals surface area contributed by atoms with E-state index in [4.69, 9.17) is 0 Å². The van der Waals surface area contributed by atoms with Gasteiger partial charge in [-0.3, -0.25) is 14.5 Å². The van der Waals surface area contributed by atoms with Crippen LogP contribution in [-0.2, 0) is 23.2 Å². The van der Waals surface area contributed by atoms with E-state index in [9.17, 15) is 14.7 Å². The lowest BCUT2D eigenvalue weighted by Crippen LogP contribution is -2.46. The van der Waals surface area contributed by atoms with Crippen molar-refractivity contribution in [2.45, 2.75) is 44.8 Å². The zero-order valence-electron chi connectivity index (χ0n) is 14.7. The molecule has 8 heteroatoms. The van der Waals surface area contributed by atoms with Gasteiger partial charge in [0.15, 0.2) is 13.0 Å². The van der Waals surface area contributed by atoms with Crippen LogP contribution in [0.15, 0.2) is 28.8 Å². The van der Waals surface area contributed by atoms with Crippen molar-refractivity contribution >= 4 is 17.5 Å². The highest BCUT2D eigenvalue weighted by Crippen LogP contribution is 2.35. The van der Waals surface area contributed by atoms with E-state index in [-0.39, 0.29) is 30.8 Å². The van der Waals surface area contributed by atoms with Crippen molar-refractivity contribution in [3.63, 3.8) is 0 Å². The summed E-state index contributed by atoms with van der Waals surface area (Å²) in [5.41, 5.74) is 2.03. The van der Waals surface area contributed by atoms with Crippen LogP contribution in [0.25, 0.3) is 0 Å². The van der Waals surface area contributed by atoms with Crippen LogP contribution in [0.4, 0.5) is 5.69 Å². The third-order valence-corrected chi connectivity index (χ3v) is 5.04. The van der Waals surface area contributed by atoms with Gasteiger partial charge >= 0.3 is 0 Å². The molecule has 0 spiro atoms. The van der Waals surface area contributed by atoms with Gasteiger partial charge in [0.2, 0.25) is 11.6 Å². The molecule has 8 nitrogen and oxygen atoms in total. The highest BCUT2D eigenvalue weighted by molar-refractivity contribution is 6.22. The molecule has 0 N–H and O–H groups in total. The Labute approximate surface area is 150 Å². The normalized spacial score (nSPS) is 20.4. The molecule has 1 saturated heterocycles. The Morgan fingerprint density at radius 1 is 1.31 bits per heavy atom. The van der Waals surface area contributed by atoms with Gasteiger partial charge in [0.05, 0.1) is 30.0 Å². The lowest BCUT2D eigenvalue weighted by atomic mass is 10.2. The summed E-state index contributed by atoms with van der Waals surface area (Å²) in [5, 5.41) is 15.5. The molecular formula is C18H20N4O4. The molecule has 2 heterocycles. The second-order valence-electron chi connectivity index (χ2n) is 6.96. The number of hydrogen-bond donors (Lipinski definition) is 0. The Balaban J connectivity index is 1.60. The average molecular weight is 356 g/mol. The Morgan fingerprint density at radius 3 is 2.58 bits per heavy atom. The average Bonchev–Trinajstić information content (AvgIpc) is 3.35. The summed E-state index contributed by atoms with van der Waals surface area (Å²) >= 11 is 0. The summed E-state index contributed by atoms with van der Waals surface area (Å²) in [6.45, 7) is 2.20. The maximum atomic E-state index is 13.0. The number of rotatable bonds is 5. The number of nitrogens with zero attached hydrogens (tertiary/aromatic N) is 4. The number of hydrogen-bond acceptors (Lipinski definition) is 6. The molecule has 2 aliphatic rings. The molecule has 1 saturated carbocycles. The maximum Gasteiger partial charge on any atom is 0.251 e. The van der Waals surface area contributed by atoms with E-state index in [0.29, 0.717) is 11.4 Å². The highest BCUT2D eigenvalue weighted by Gasteiger charge is 2.47. The first kappa shape index (κ1) is 16.7. The number of benzene rings is 1. The molecule has 0 bridgehead atoms. The van der Waals surface area contributed by atoms with E-state index < -0.39 is 12.0 Å². The minimum atomic E-state index is -0.564. The molecule has 2 amide bonds. The number of amides is 2. The molecule has 1 atom stereocenters. The summed E-state index contributed by atoms with van der Waals surface area (Å²) in [7, 11) is 1.63. The fourth-order valence-corrected chi connectivity index (χ4v) is 3.41. The van der Waals surface area contributed by atoms with E-state index in [1.807, 2.05) is 24.0 Å². The second-order valence-corrected chi connectivity index (χ2v) is 6.96. The quantitative estimate of drug-likeness (QED) is 0.560. The molecule has 1 unspecified atom stereocenters. The van der Waals surface area contributed by atoms with Gasteiger partial charge in [-0.1, -0.05) is 22.4 Å². The van der Waals surface area contributed by atoms with Crippen LogP contribution in [0.2, 0.25) is 0 Å². The van der Waals surface area contributed by atoms with Gasteiger partial charge in [-0.25, -0.2) is 4.90 Å². The second kappa shape index (κ2) is 6.21. The SMILES string of the molecule is Cc1ccc(N2C(=O)CC(N(Cc3c([O-])on[n+]3C)C3CC3)C2=O)cc1. The van der Waals surface area contributed by atoms with Crippen LogP contribution in [0, 0.1) is 6.92 Å². The summed E-state index contributed by atoms with van der Waals surface area (Å²) < 4.78 is 6.06. The summed E-state index contributed by atoms with van der Waals surface area (Å²) in [4.78, 5) is 28.8. The number of carbonyl (C=O) groups excluding carboxylic acids is 2. The highest BCUT2D eigenvalue weighted by atomic mass is 16.6. The van der Waals surface area contributed by atoms with Crippen molar-refractivity contribution in [3.05, 3.63) is 35.5 Å². The predicted octanol–water partition coefficient (Wildman–Crippen LogP) is 0.178. The monoisotopic (exact) mass is 356 g/mol. The molecule has 4 rings (SSSR count). The number of imide groups is 1. The first-order valence-electron chi connectivity index (χ1n) is 8.67. The van der Waals surface area contributed by atoms with Crippen molar-refractivity contribution in [1.82, 2.24) is 10.2 Å². The van der Waals surface area contributed by atoms with Crippen LogP contribution in [-0.4, -0.2) is 34.1 Å². The molecule has 26 heavy (non-hydrogen) atoms. The van der Waals surface area contributed by atoms with Crippen molar-refractivity contribution in [3.8, 4) is 5.95 Å². The third kappa shape index (κ3) is 2.86. The van der Waals surface area contributed by atoms with E-state index >= 15 is 0 Å². The van der Waals surface area contributed by atoms with Crippen molar-refractivity contribution < 1.29 is 23.9 Å². The minimum absolute atomic E-state index is 0.117. The number of carbonyl (C=O) groups is 2. The largest absolute Gasteiger partial charge is 0.539 e. The first-order chi connectivity index (χ1) is 12.5. The van der Waals surface area contributed by atoms with Gasteiger partial charge in [-0.05, 0) is 31.9 Å². The van der Waals surface area contributed by atoms with Gasteiger partial charge < -0.3 is 9.63 Å². The topological polar surface area (TPSA) is 93.6 Å². The van der Waals surface area contributed by atoms with Crippen molar-refractivity contribution in [2.75, 3.05) is 4.90 Å². The Morgan fingerprint density at radius 2 is 2.00 bits per heavy atom. The smallest absolute Gasteiger partial charge is 0.251 e. The third-order valence-electron chi connectivity index (χ3n) is 5.04. The Bertz CT molecular complexity index is 837. The molecule has 1 aromatic heterocycles. The molecule has 0 radical (unpaired) electrons. The standard InChI is InChI=1S/C18H20N4O4/c1-11-3-5-13(6-4-11)22-16(23)9-14(17(22)24)21(12-7-8-12)10-15-18(25)26-19-20(15)2/h3-6,12,14H,7-10H2,1-2H3. The van der Waals surface area contributed by atoms with E-state index in [2.05, 4.69) is 9.79 Å². The lowest BCUT2D eigenvalue weighted by Gasteiger charge is -2.25. The minimum Gasteiger partial charge on any atom is -0.539 e. The predicted molar refractivity (Wildman–Crippen MR) is 87.8 cm³/mol. The summed E-state index contributed by atoms with van der Waals surface area (Å²) in [6.07, 6.45) is 2.02. The van der Waals surface area contributed by atoms with E-state index in [1.165, 1.54) is 9.58 Å². The van der Waals surface area contributed by atoms with Gasteiger partial charge in [-0.15, -0.1) is 0 Å². The maximum absolute atomic E-state index is 13.0. The van der Waals surface area contributed by atoms with Gasteiger partial charge in [-0.2, -0.15) is 0 Å². The van der Waals surface area contributed by atoms with Gasteiger partial charge in [0, 0.05) is 6.04 Å². The fourth-order valence-electron chi connectivity index (χ4n) is 3.41. The summed E-state index contributed by atoms with van der Waals surface area (Å²) in [5.74, 6) is -0.964. The van der Waals surface area contributed by atoms with Crippen LogP contribution >= 0.6 is 0 Å². The number of aryl methyl sites for hydroxylation is 2. The summed E-state index contributed by atoms with van der Waals surface area (Å²) in [6, 6.07) is 6.95. The Hall–Kier alpha value is -2.74.